The van der Waals surface area contributed by atoms with Crippen LogP contribution in [0, 0.1) is 5.92 Å². The summed E-state index contributed by atoms with van der Waals surface area (Å²) in [5, 5.41) is 3.64. The van der Waals surface area contributed by atoms with Crippen LogP contribution in [-0.4, -0.2) is 39.5 Å². The highest BCUT2D eigenvalue weighted by Gasteiger charge is 2.43. The van der Waals surface area contributed by atoms with Crippen LogP contribution in [0.15, 0.2) is 30.3 Å². The van der Waals surface area contributed by atoms with Crippen molar-refractivity contribution in [2.75, 3.05) is 33.5 Å². The van der Waals surface area contributed by atoms with E-state index in [1.165, 1.54) is 12.0 Å². The lowest BCUT2D eigenvalue weighted by Gasteiger charge is -2.19. The Morgan fingerprint density at radius 3 is 2.75 bits per heavy atom. The van der Waals surface area contributed by atoms with Crippen molar-refractivity contribution in [2.24, 2.45) is 5.92 Å². The second-order valence-corrected chi connectivity index (χ2v) is 5.55. The van der Waals surface area contributed by atoms with Crippen molar-refractivity contribution in [2.45, 2.75) is 31.7 Å². The van der Waals surface area contributed by atoms with Gasteiger partial charge in [0.25, 0.3) is 0 Å². The summed E-state index contributed by atoms with van der Waals surface area (Å²) >= 11 is 0. The van der Waals surface area contributed by atoms with Gasteiger partial charge in [0, 0.05) is 13.2 Å². The summed E-state index contributed by atoms with van der Waals surface area (Å²) in [7, 11) is 1.71. The van der Waals surface area contributed by atoms with Gasteiger partial charge in [-0.3, -0.25) is 0 Å². The number of methoxy groups -OCH3 is 1. The second-order valence-electron chi connectivity index (χ2n) is 5.55. The summed E-state index contributed by atoms with van der Waals surface area (Å²) in [6.45, 7) is 5.42. The SMILES string of the molecule is CCCNC(COCCOC)C1CC1c1ccccc1. The first kappa shape index (κ1) is 15.5. The summed E-state index contributed by atoms with van der Waals surface area (Å²) < 4.78 is 10.8. The fraction of sp³-hybridized carbons (Fsp3) is 0.647. The molecular formula is C17H27NO2. The van der Waals surface area contributed by atoms with E-state index in [9.17, 15) is 0 Å². The Bertz CT molecular complexity index is 369. The van der Waals surface area contributed by atoms with Crippen molar-refractivity contribution in [3.05, 3.63) is 35.9 Å². The zero-order valence-corrected chi connectivity index (χ0v) is 12.7. The molecule has 1 aliphatic carbocycles. The Kier molecular flexibility index (Phi) is 6.51. The van der Waals surface area contributed by atoms with Gasteiger partial charge in [-0.1, -0.05) is 37.3 Å². The van der Waals surface area contributed by atoms with E-state index in [0.717, 1.165) is 19.6 Å². The second kappa shape index (κ2) is 8.40. The summed E-state index contributed by atoms with van der Waals surface area (Å²) in [6.07, 6.45) is 2.44. The van der Waals surface area contributed by atoms with Crippen LogP contribution >= 0.6 is 0 Å². The highest BCUT2D eigenvalue weighted by Crippen LogP contribution is 2.49. The molecule has 20 heavy (non-hydrogen) atoms. The molecule has 0 aliphatic heterocycles. The molecule has 1 N–H and O–H groups in total. The van der Waals surface area contributed by atoms with Crippen molar-refractivity contribution in [1.82, 2.24) is 5.32 Å². The largest absolute Gasteiger partial charge is 0.382 e. The van der Waals surface area contributed by atoms with Gasteiger partial charge in [0.15, 0.2) is 0 Å². The maximum Gasteiger partial charge on any atom is 0.0701 e. The Balaban J connectivity index is 1.81. The lowest BCUT2D eigenvalue weighted by atomic mass is 10.1. The van der Waals surface area contributed by atoms with Crippen LogP contribution < -0.4 is 5.32 Å². The molecule has 0 aromatic heterocycles. The molecule has 3 unspecified atom stereocenters. The molecule has 1 aromatic rings. The van der Waals surface area contributed by atoms with Crippen LogP contribution in [0.25, 0.3) is 0 Å². The molecule has 3 atom stereocenters. The molecule has 1 aromatic carbocycles. The zero-order valence-electron chi connectivity index (χ0n) is 12.7. The minimum atomic E-state index is 0.469. The Morgan fingerprint density at radius 1 is 1.25 bits per heavy atom. The number of benzene rings is 1. The quantitative estimate of drug-likeness (QED) is 0.667. The van der Waals surface area contributed by atoms with Crippen LogP contribution in [0.1, 0.15) is 31.2 Å². The predicted octanol–water partition coefficient (Wildman–Crippen LogP) is 2.82. The summed E-state index contributed by atoms with van der Waals surface area (Å²) in [5.41, 5.74) is 1.47. The molecule has 0 heterocycles. The smallest absolute Gasteiger partial charge is 0.0701 e. The molecule has 0 saturated heterocycles. The van der Waals surface area contributed by atoms with Crippen LogP contribution in [-0.2, 0) is 9.47 Å². The van der Waals surface area contributed by atoms with Crippen molar-refractivity contribution >= 4 is 0 Å². The first-order valence-corrected chi connectivity index (χ1v) is 7.71. The maximum absolute atomic E-state index is 5.73. The van der Waals surface area contributed by atoms with Crippen LogP contribution in [0.3, 0.4) is 0 Å². The van der Waals surface area contributed by atoms with Gasteiger partial charge in [0.05, 0.1) is 19.8 Å². The average Bonchev–Trinajstić information content (AvgIpc) is 3.28. The summed E-state index contributed by atoms with van der Waals surface area (Å²) in [6, 6.07) is 11.3. The summed E-state index contributed by atoms with van der Waals surface area (Å²) in [5.74, 6) is 1.42. The molecule has 3 nitrogen and oxygen atoms in total. The summed E-state index contributed by atoms with van der Waals surface area (Å²) in [4.78, 5) is 0. The van der Waals surface area contributed by atoms with Crippen molar-refractivity contribution < 1.29 is 9.47 Å². The highest BCUT2D eigenvalue weighted by atomic mass is 16.5. The van der Waals surface area contributed by atoms with E-state index in [2.05, 4.69) is 42.6 Å². The molecule has 3 heteroatoms. The minimum absolute atomic E-state index is 0.469. The van der Waals surface area contributed by atoms with Gasteiger partial charge in [0.2, 0.25) is 0 Å². The minimum Gasteiger partial charge on any atom is -0.382 e. The third-order valence-electron chi connectivity index (χ3n) is 3.97. The molecule has 0 amide bonds. The third-order valence-corrected chi connectivity index (χ3v) is 3.97. The molecule has 1 aliphatic rings. The van der Waals surface area contributed by atoms with Crippen LogP contribution in [0.4, 0.5) is 0 Å². The van der Waals surface area contributed by atoms with Crippen molar-refractivity contribution in [1.29, 1.82) is 0 Å². The van der Waals surface area contributed by atoms with E-state index >= 15 is 0 Å². The number of ether oxygens (including phenoxy) is 2. The molecule has 112 valence electrons. The number of hydrogen-bond acceptors (Lipinski definition) is 3. The highest BCUT2D eigenvalue weighted by molar-refractivity contribution is 5.26. The Morgan fingerprint density at radius 2 is 2.05 bits per heavy atom. The first-order chi connectivity index (χ1) is 9.86. The number of rotatable bonds is 10. The topological polar surface area (TPSA) is 30.5 Å². The van der Waals surface area contributed by atoms with E-state index in [0.29, 0.717) is 31.1 Å². The first-order valence-electron chi connectivity index (χ1n) is 7.71. The standard InChI is InChI=1S/C17H27NO2/c1-3-9-18-17(13-20-11-10-19-2)16-12-15(16)14-7-5-4-6-8-14/h4-8,15-18H,3,9-13H2,1-2H3. The van der Waals surface area contributed by atoms with E-state index in [4.69, 9.17) is 9.47 Å². The fourth-order valence-electron chi connectivity index (χ4n) is 2.76. The predicted molar refractivity (Wildman–Crippen MR) is 82.1 cm³/mol. The Hall–Kier alpha value is -0.900. The monoisotopic (exact) mass is 277 g/mol. The average molecular weight is 277 g/mol. The van der Waals surface area contributed by atoms with Gasteiger partial charge in [-0.2, -0.15) is 0 Å². The molecule has 2 rings (SSSR count). The van der Waals surface area contributed by atoms with Gasteiger partial charge in [0.1, 0.15) is 0 Å². The van der Waals surface area contributed by atoms with Gasteiger partial charge in [-0.05, 0) is 36.8 Å². The Labute approximate surface area is 122 Å². The maximum atomic E-state index is 5.73. The molecule has 0 bridgehead atoms. The van der Waals surface area contributed by atoms with Crippen LogP contribution in [0.5, 0.6) is 0 Å². The van der Waals surface area contributed by atoms with Crippen molar-refractivity contribution in [3.63, 3.8) is 0 Å². The van der Waals surface area contributed by atoms with E-state index < -0.39 is 0 Å². The van der Waals surface area contributed by atoms with E-state index in [1.807, 2.05) is 0 Å². The molecular weight excluding hydrogens is 250 g/mol. The normalized spacial score (nSPS) is 22.7. The third kappa shape index (κ3) is 4.58. The van der Waals surface area contributed by atoms with E-state index in [-0.39, 0.29) is 0 Å². The van der Waals surface area contributed by atoms with Gasteiger partial charge in [-0.25, -0.2) is 0 Å². The molecule has 0 radical (unpaired) electrons. The van der Waals surface area contributed by atoms with Gasteiger partial charge >= 0.3 is 0 Å². The van der Waals surface area contributed by atoms with Crippen molar-refractivity contribution in [3.8, 4) is 0 Å². The van der Waals surface area contributed by atoms with Gasteiger partial charge in [-0.15, -0.1) is 0 Å². The fourth-order valence-corrected chi connectivity index (χ4v) is 2.76. The number of hydrogen-bond donors (Lipinski definition) is 1. The zero-order chi connectivity index (χ0) is 14.2. The lowest BCUT2D eigenvalue weighted by molar-refractivity contribution is 0.0552. The van der Waals surface area contributed by atoms with Gasteiger partial charge < -0.3 is 14.8 Å². The number of nitrogens with one attached hydrogen (secondary N) is 1. The lowest BCUT2D eigenvalue weighted by Crippen LogP contribution is -2.36. The molecule has 0 spiro atoms. The van der Waals surface area contributed by atoms with Crippen LogP contribution in [0.2, 0.25) is 0 Å². The molecule has 1 saturated carbocycles. The molecule has 1 fully saturated rings. The van der Waals surface area contributed by atoms with E-state index in [1.54, 1.807) is 7.11 Å².